The van der Waals surface area contributed by atoms with Crippen LogP contribution in [0.1, 0.15) is 31.9 Å². The van der Waals surface area contributed by atoms with E-state index in [-0.39, 0.29) is 35.9 Å². The van der Waals surface area contributed by atoms with Gasteiger partial charge in [-0.05, 0) is 13.3 Å². The smallest absolute Gasteiger partial charge is 0.219 e. The van der Waals surface area contributed by atoms with Crippen molar-refractivity contribution in [1.29, 1.82) is 0 Å². The van der Waals surface area contributed by atoms with E-state index in [4.69, 9.17) is 9.73 Å². The number of aryl methyl sites for hydroxylation is 1. The van der Waals surface area contributed by atoms with Gasteiger partial charge in [-0.25, -0.2) is 9.67 Å². The summed E-state index contributed by atoms with van der Waals surface area (Å²) in [6.07, 6.45) is 1.90. The number of fused-ring (bicyclic) bond motifs is 1. The molecule has 2 N–H and O–H groups in total. The molecule has 2 aliphatic rings. The van der Waals surface area contributed by atoms with Gasteiger partial charge < -0.3 is 20.3 Å². The first-order valence-corrected chi connectivity index (χ1v) is 10.5. The number of guanidine groups is 1. The van der Waals surface area contributed by atoms with Crippen molar-refractivity contribution in [3.8, 4) is 0 Å². The van der Waals surface area contributed by atoms with Crippen molar-refractivity contribution in [3.05, 3.63) is 11.6 Å². The third kappa shape index (κ3) is 7.05. The van der Waals surface area contributed by atoms with Gasteiger partial charge in [0.2, 0.25) is 5.91 Å². The molecule has 0 bridgehead atoms. The highest BCUT2D eigenvalue weighted by molar-refractivity contribution is 14.0. The maximum absolute atomic E-state index is 11.4. The highest BCUT2D eigenvalue weighted by Gasteiger charge is 2.22. The number of hydrogen-bond donors (Lipinski definition) is 2. The highest BCUT2D eigenvalue weighted by atomic mass is 127. The first-order valence-electron chi connectivity index (χ1n) is 10.5. The molecule has 10 nitrogen and oxygen atoms in total. The van der Waals surface area contributed by atoms with E-state index in [0.29, 0.717) is 6.61 Å². The Morgan fingerprint density at radius 2 is 2.07 bits per heavy atom. The molecule has 3 heterocycles. The Kier molecular flexibility index (Phi) is 10.2. The van der Waals surface area contributed by atoms with E-state index in [9.17, 15) is 4.79 Å². The highest BCUT2D eigenvalue weighted by Crippen LogP contribution is 2.13. The topological polar surface area (TPSA) is 99.9 Å². The lowest BCUT2D eigenvalue weighted by Crippen LogP contribution is -2.49. The van der Waals surface area contributed by atoms with Crippen molar-refractivity contribution < 1.29 is 9.53 Å². The molecule has 0 saturated carbocycles. The lowest BCUT2D eigenvalue weighted by molar-refractivity contribution is -0.130. The number of ether oxygens (including phenoxy) is 1. The third-order valence-corrected chi connectivity index (χ3v) is 5.36. The monoisotopic (exact) mass is 534 g/mol. The van der Waals surface area contributed by atoms with E-state index in [1.165, 1.54) is 0 Å². The molecule has 1 aromatic rings. The molecule has 1 amide bonds. The second-order valence-corrected chi connectivity index (χ2v) is 7.55. The summed E-state index contributed by atoms with van der Waals surface area (Å²) in [7, 11) is 1.66. The van der Waals surface area contributed by atoms with E-state index >= 15 is 0 Å². The molecule has 0 spiro atoms. The molecule has 0 aromatic carbocycles. The first kappa shape index (κ1) is 24.8. The lowest BCUT2D eigenvalue weighted by Gasteiger charge is -2.33. The first-order chi connectivity index (χ1) is 14.1. The number of amides is 1. The summed E-state index contributed by atoms with van der Waals surface area (Å²) in [6.45, 7) is 10.9. The Balaban J connectivity index is 0.00000320. The fraction of sp³-hybridized carbons (Fsp3) is 0.789. The molecule has 1 fully saturated rings. The summed E-state index contributed by atoms with van der Waals surface area (Å²) in [4.78, 5) is 25.0. The summed E-state index contributed by atoms with van der Waals surface area (Å²) in [5, 5.41) is 11.4. The van der Waals surface area contributed by atoms with Crippen molar-refractivity contribution in [3.63, 3.8) is 0 Å². The molecule has 1 saturated heterocycles. The van der Waals surface area contributed by atoms with Crippen LogP contribution in [0.15, 0.2) is 4.99 Å². The minimum atomic E-state index is 0. The standard InChI is InChI=1S/C19H34N8O2.HI/c1-4-20-19(21-7-8-25-9-11-26(12-10-25)15(2)28)22-16-5-6-18-23-17(14-29-3)24-27(18)13-16;/h16H,4-14H2,1-3H3,(H2,20,21,22);1H. The fourth-order valence-corrected chi connectivity index (χ4v) is 3.77. The van der Waals surface area contributed by atoms with Gasteiger partial charge in [-0.1, -0.05) is 0 Å². The van der Waals surface area contributed by atoms with Crippen molar-refractivity contribution in [2.24, 2.45) is 4.99 Å². The molecular formula is C19H35IN8O2. The van der Waals surface area contributed by atoms with Gasteiger partial charge in [0.1, 0.15) is 12.4 Å². The molecule has 1 atom stereocenters. The minimum Gasteiger partial charge on any atom is -0.377 e. The Labute approximate surface area is 195 Å². The van der Waals surface area contributed by atoms with Crippen LogP contribution in [0.4, 0.5) is 0 Å². The van der Waals surface area contributed by atoms with Gasteiger partial charge in [0.05, 0.1) is 13.1 Å². The van der Waals surface area contributed by atoms with Gasteiger partial charge in [0.15, 0.2) is 11.8 Å². The Bertz CT molecular complexity index is 703. The van der Waals surface area contributed by atoms with Gasteiger partial charge >= 0.3 is 0 Å². The molecule has 0 radical (unpaired) electrons. The van der Waals surface area contributed by atoms with Crippen LogP contribution in [-0.4, -0.2) is 95.4 Å². The van der Waals surface area contributed by atoms with E-state index in [1.807, 2.05) is 9.58 Å². The van der Waals surface area contributed by atoms with Gasteiger partial charge in [-0.3, -0.25) is 14.7 Å². The number of carbonyl (C=O) groups excluding carboxylic acids is 1. The Morgan fingerprint density at radius 3 is 2.73 bits per heavy atom. The summed E-state index contributed by atoms with van der Waals surface area (Å²) < 4.78 is 7.11. The molecule has 11 heteroatoms. The molecular weight excluding hydrogens is 499 g/mol. The second-order valence-electron chi connectivity index (χ2n) is 7.55. The van der Waals surface area contributed by atoms with Crippen LogP contribution in [0.5, 0.6) is 0 Å². The molecule has 3 rings (SSSR count). The largest absolute Gasteiger partial charge is 0.377 e. The van der Waals surface area contributed by atoms with Gasteiger partial charge in [-0.2, -0.15) is 5.10 Å². The van der Waals surface area contributed by atoms with Crippen LogP contribution in [0, 0.1) is 0 Å². The number of methoxy groups -OCH3 is 1. The lowest BCUT2D eigenvalue weighted by atomic mass is 10.1. The van der Waals surface area contributed by atoms with Crippen LogP contribution in [0.3, 0.4) is 0 Å². The van der Waals surface area contributed by atoms with Crippen LogP contribution in [0.2, 0.25) is 0 Å². The second kappa shape index (κ2) is 12.4. The molecule has 1 aromatic heterocycles. The molecule has 2 aliphatic heterocycles. The van der Waals surface area contributed by atoms with Crippen molar-refractivity contribution in [2.45, 2.75) is 45.9 Å². The number of aromatic nitrogens is 3. The van der Waals surface area contributed by atoms with Crippen LogP contribution >= 0.6 is 24.0 Å². The number of carbonyl (C=O) groups is 1. The summed E-state index contributed by atoms with van der Waals surface area (Å²) in [5.74, 6) is 2.79. The van der Waals surface area contributed by atoms with Crippen LogP contribution in [-0.2, 0) is 29.1 Å². The van der Waals surface area contributed by atoms with E-state index in [2.05, 4.69) is 32.5 Å². The number of aliphatic imine (C=N–C) groups is 1. The fourth-order valence-electron chi connectivity index (χ4n) is 3.77. The average Bonchev–Trinajstić information content (AvgIpc) is 3.10. The minimum absolute atomic E-state index is 0. The zero-order valence-corrected chi connectivity index (χ0v) is 20.6. The predicted octanol–water partition coefficient (Wildman–Crippen LogP) is 0.0765. The van der Waals surface area contributed by atoms with E-state index < -0.39 is 0 Å². The van der Waals surface area contributed by atoms with Crippen molar-refractivity contribution >= 4 is 35.8 Å². The van der Waals surface area contributed by atoms with Gasteiger partial charge in [0.25, 0.3) is 0 Å². The number of rotatable bonds is 7. The van der Waals surface area contributed by atoms with Gasteiger partial charge in [0, 0.05) is 65.8 Å². The van der Waals surface area contributed by atoms with E-state index in [0.717, 1.165) is 82.8 Å². The van der Waals surface area contributed by atoms with Gasteiger partial charge in [-0.15, -0.1) is 24.0 Å². The predicted molar refractivity (Wildman–Crippen MR) is 126 cm³/mol. The molecule has 0 aliphatic carbocycles. The maximum Gasteiger partial charge on any atom is 0.219 e. The average molecular weight is 534 g/mol. The Morgan fingerprint density at radius 1 is 1.30 bits per heavy atom. The SMILES string of the molecule is CCNC(=NCCN1CCN(C(C)=O)CC1)NC1CCc2nc(COC)nn2C1.I. The maximum atomic E-state index is 11.4. The summed E-state index contributed by atoms with van der Waals surface area (Å²) in [6, 6.07) is 0.275. The van der Waals surface area contributed by atoms with Crippen LogP contribution in [0.25, 0.3) is 0 Å². The number of nitrogens with one attached hydrogen (secondary N) is 2. The third-order valence-electron chi connectivity index (χ3n) is 5.36. The number of piperazine rings is 1. The van der Waals surface area contributed by atoms with Crippen molar-refractivity contribution in [2.75, 3.05) is 52.9 Å². The summed E-state index contributed by atoms with van der Waals surface area (Å²) in [5.41, 5.74) is 0. The van der Waals surface area contributed by atoms with Crippen molar-refractivity contribution in [1.82, 2.24) is 35.2 Å². The zero-order valence-electron chi connectivity index (χ0n) is 18.3. The van der Waals surface area contributed by atoms with Crippen LogP contribution < -0.4 is 10.6 Å². The normalized spacial score (nSPS) is 19.8. The quantitative estimate of drug-likeness (QED) is 0.291. The molecule has 1 unspecified atom stereocenters. The molecule has 170 valence electrons. The van der Waals surface area contributed by atoms with E-state index in [1.54, 1.807) is 14.0 Å². The number of nitrogens with zero attached hydrogens (tertiary/aromatic N) is 6. The molecule has 30 heavy (non-hydrogen) atoms. The summed E-state index contributed by atoms with van der Waals surface area (Å²) >= 11 is 0. The zero-order chi connectivity index (χ0) is 20.6. The number of hydrogen-bond acceptors (Lipinski definition) is 6. The Hall–Kier alpha value is -1.47. The number of halogens is 1.